The molecule has 0 saturated heterocycles. The number of aromatic nitrogens is 3. The van der Waals surface area contributed by atoms with Crippen LogP contribution >= 0.6 is 23.4 Å². The third-order valence-corrected chi connectivity index (χ3v) is 5.76. The van der Waals surface area contributed by atoms with E-state index in [0.717, 1.165) is 11.8 Å². The molecule has 32 heavy (non-hydrogen) atoms. The van der Waals surface area contributed by atoms with Crippen molar-refractivity contribution in [3.63, 3.8) is 0 Å². The van der Waals surface area contributed by atoms with Crippen molar-refractivity contribution in [1.29, 1.82) is 0 Å². The molecule has 0 fully saturated rings. The summed E-state index contributed by atoms with van der Waals surface area (Å²) in [6.07, 6.45) is 0. The van der Waals surface area contributed by atoms with Gasteiger partial charge >= 0.3 is 0 Å². The van der Waals surface area contributed by atoms with Crippen molar-refractivity contribution in [3.05, 3.63) is 51.5 Å². The highest BCUT2D eigenvalue weighted by atomic mass is 35.5. The van der Waals surface area contributed by atoms with E-state index in [2.05, 4.69) is 15.5 Å². The van der Waals surface area contributed by atoms with E-state index in [-0.39, 0.29) is 16.4 Å². The molecule has 0 aliphatic carbocycles. The molecule has 3 rings (SSSR count). The van der Waals surface area contributed by atoms with Gasteiger partial charge in [0.1, 0.15) is 0 Å². The fraction of sp³-hybridized carbons (Fsp3) is 0.211. The second-order valence-corrected chi connectivity index (χ2v) is 8.13. The lowest BCUT2D eigenvalue weighted by Crippen LogP contribution is -2.24. The number of nitro benzene ring substituents is 1. The number of amides is 1. The van der Waals surface area contributed by atoms with Gasteiger partial charge in [-0.05, 0) is 31.2 Å². The number of nitrogens with two attached hydrogens (primary N) is 1. The van der Waals surface area contributed by atoms with Gasteiger partial charge in [-0.15, -0.1) is 10.2 Å². The number of nitrogen functional groups attached to an aromatic ring is 1. The van der Waals surface area contributed by atoms with Gasteiger partial charge in [0.25, 0.3) is 5.69 Å². The molecule has 1 unspecified atom stereocenters. The zero-order valence-electron chi connectivity index (χ0n) is 17.2. The van der Waals surface area contributed by atoms with Gasteiger partial charge in [-0.2, -0.15) is 0 Å². The Bertz CT molecular complexity index is 1170. The Kier molecular flexibility index (Phi) is 7.05. The lowest BCUT2D eigenvalue weighted by Gasteiger charge is -2.13. The largest absolute Gasteiger partial charge is 0.493 e. The Labute approximate surface area is 192 Å². The van der Waals surface area contributed by atoms with E-state index in [1.807, 2.05) is 0 Å². The Morgan fingerprint density at radius 1 is 1.22 bits per heavy atom. The van der Waals surface area contributed by atoms with E-state index in [0.29, 0.717) is 28.0 Å². The smallest absolute Gasteiger partial charge is 0.271 e. The SMILES string of the molecule is COc1ccc(-c2nnc(SC(C)C(=O)Nc3cc([N+](=O)[O-])ccc3Cl)n2N)cc1OC. The van der Waals surface area contributed by atoms with Crippen molar-refractivity contribution < 1.29 is 19.2 Å². The number of rotatable bonds is 8. The van der Waals surface area contributed by atoms with Crippen LogP contribution in [0, 0.1) is 10.1 Å². The monoisotopic (exact) mass is 478 g/mol. The number of nitro groups is 1. The molecule has 3 aromatic rings. The third kappa shape index (κ3) is 4.86. The Hall–Kier alpha value is -3.51. The number of halogens is 1. The van der Waals surface area contributed by atoms with Crippen molar-refractivity contribution in [2.75, 3.05) is 25.4 Å². The maximum absolute atomic E-state index is 12.6. The fourth-order valence-electron chi connectivity index (χ4n) is 2.70. The topological polar surface area (TPSA) is 147 Å². The minimum absolute atomic E-state index is 0.138. The first kappa shape index (κ1) is 23.2. The molecule has 0 spiro atoms. The summed E-state index contributed by atoms with van der Waals surface area (Å²) in [5, 5.41) is 21.5. The molecule has 168 valence electrons. The number of nitrogens with one attached hydrogen (secondary N) is 1. The predicted molar refractivity (Wildman–Crippen MR) is 121 cm³/mol. The van der Waals surface area contributed by atoms with Crippen LogP contribution in [0.3, 0.4) is 0 Å². The van der Waals surface area contributed by atoms with Gasteiger partial charge in [0, 0.05) is 17.7 Å². The Balaban J connectivity index is 1.76. The van der Waals surface area contributed by atoms with Crippen LogP contribution in [0.15, 0.2) is 41.6 Å². The van der Waals surface area contributed by atoms with Gasteiger partial charge in [-0.3, -0.25) is 14.9 Å². The molecule has 1 amide bonds. The predicted octanol–water partition coefficient (Wildman–Crippen LogP) is 3.36. The summed E-state index contributed by atoms with van der Waals surface area (Å²) in [6, 6.07) is 8.97. The standard InChI is InChI=1S/C19H19ClN6O5S/c1-10(18(27)22-14-9-12(26(28)29)5-6-13(14)20)32-19-24-23-17(25(19)21)11-4-7-15(30-2)16(8-11)31-3/h4-10H,21H2,1-3H3,(H,22,27). The van der Waals surface area contributed by atoms with E-state index in [9.17, 15) is 14.9 Å². The zero-order valence-corrected chi connectivity index (χ0v) is 18.8. The van der Waals surface area contributed by atoms with E-state index in [1.165, 1.54) is 37.1 Å². The number of ether oxygens (including phenoxy) is 2. The quantitative estimate of drug-likeness (QED) is 0.215. The minimum Gasteiger partial charge on any atom is -0.493 e. The molecule has 1 heterocycles. The second-order valence-electron chi connectivity index (χ2n) is 6.42. The number of methoxy groups -OCH3 is 2. The third-order valence-electron chi connectivity index (χ3n) is 4.38. The molecular weight excluding hydrogens is 460 g/mol. The average molecular weight is 479 g/mol. The van der Waals surface area contributed by atoms with Crippen LogP contribution in [0.25, 0.3) is 11.4 Å². The Morgan fingerprint density at radius 3 is 2.59 bits per heavy atom. The van der Waals surface area contributed by atoms with Crippen molar-refractivity contribution in [2.24, 2.45) is 0 Å². The molecule has 11 nitrogen and oxygen atoms in total. The maximum Gasteiger partial charge on any atom is 0.271 e. The maximum atomic E-state index is 12.6. The minimum atomic E-state index is -0.657. The Morgan fingerprint density at radius 2 is 1.94 bits per heavy atom. The molecule has 1 atom stereocenters. The number of carbonyl (C=O) groups is 1. The molecule has 0 radical (unpaired) electrons. The molecule has 0 bridgehead atoms. The fourth-order valence-corrected chi connectivity index (χ4v) is 3.63. The number of hydrogen-bond donors (Lipinski definition) is 2. The number of benzene rings is 2. The van der Waals surface area contributed by atoms with Gasteiger partial charge in [0.05, 0.1) is 35.1 Å². The lowest BCUT2D eigenvalue weighted by atomic mass is 10.2. The van der Waals surface area contributed by atoms with Crippen LogP contribution in [0.4, 0.5) is 11.4 Å². The number of thioether (sulfide) groups is 1. The summed E-state index contributed by atoms with van der Waals surface area (Å²) in [7, 11) is 3.05. The lowest BCUT2D eigenvalue weighted by molar-refractivity contribution is -0.384. The van der Waals surface area contributed by atoms with E-state index in [4.69, 9.17) is 26.9 Å². The van der Waals surface area contributed by atoms with Gasteiger partial charge in [-0.25, -0.2) is 4.68 Å². The highest BCUT2D eigenvalue weighted by Crippen LogP contribution is 2.33. The first-order valence-electron chi connectivity index (χ1n) is 9.09. The molecule has 0 aliphatic rings. The summed E-state index contributed by atoms with van der Waals surface area (Å²) in [4.78, 5) is 23.0. The molecular formula is C19H19ClN6O5S. The molecule has 1 aromatic heterocycles. The number of non-ortho nitro benzene ring substituents is 1. The van der Waals surface area contributed by atoms with Crippen LogP contribution in [0.5, 0.6) is 11.5 Å². The normalized spacial score (nSPS) is 11.6. The summed E-state index contributed by atoms with van der Waals surface area (Å²) in [5.74, 6) is 7.13. The summed E-state index contributed by atoms with van der Waals surface area (Å²) in [5.41, 5.74) is 0.592. The van der Waals surface area contributed by atoms with Crippen molar-refractivity contribution in [3.8, 4) is 22.9 Å². The van der Waals surface area contributed by atoms with Crippen LogP contribution in [-0.4, -0.2) is 45.2 Å². The molecule has 13 heteroatoms. The van der Waals surface area contributed by atoms with Gasteiger partial charge < -0.3 is 20.6 Å². The van der Waals surface area contributed by atoms with Crippen LogP contribution in [0.1, 0.15) is 6.92 Å². The van der Waals surface area contributed by atoms with E-state index >= 15 is 0 Å². The van der Waals surface area contributed by atoms with Crippen molar-refractivity contribution in [1.82, 2.24) is 14.9 Å². The zero-order chi connectivity index (χ0) is 23.4. The summed E-state index contributed by atoms with van der Waals surface area (Å²) < 4.78 is 11.8. The highest BCUT2D eigenvalue weighted by molar-refractivity contribution is 8.00. The van der Waals surface area contributed by atoms with Crippen LogP contribution < -0.4 is 20.6 Å². The number of carbonyl (C=O) groups excluding carboxylic acids is 1. The summed E-state index contributed by atoms with van der Waals surface area (Å²) in [6.45, 7) is 1.63. The highest BCUT2D eigenvalue weighted by Gasteiger charge is 2.22. The first-order chi connectivity index (χ1) is 15.2. The number of hydrogen-bond acceptors (Lipinski definition) is 9. The molecule has 0 aliphatic heterocycles. The number of nitrogens with zero attached hydrogens (tertiary/aromatic N) is 4. The van der Waals surface area contributed by atoms with Crippen LogP contribution in [-0.2, 0) is 4.79 Å². The molecule has 0 saturated carbocycles. The second kappa shape index (κ2) is 9.75. The average Bonchev–Trinajstić information content (AvgIpc) is 3.14. The van der Waals surface area contributed by atoms with E-state index in [1.54, 1.807) is 25.1 Å². The summed E-state index contributed by atoms with van der Waals surface area (Å²) >= 11 is 7.11. The van der Waals surface area contributed by atoms with Crippen LogP contribution in [0.2, 0.25) is 5.02 Å². The molecule has 2 aromatic carbocycles. The first-order valence-corrected chi connectivity index (χ1v) is 10.3. The molecule has 3 N–H and O–H groups in total. The van der Waals surface area contributed by atoms with Gasteiger partial charge in [0.15, 0.2) is 17.3 Å². The van der Waals surface area contributed by atoms with Crippen molar-refractivity contribution >= 4 is 40.6 Å². The number of anilines is 1. The van der Waals surface area contributed by atoms with Gasteiger partial charge in [-0.1, -0.05) is 23.4 Å². The van der Waals surface area contributed by atoms with E-state index < -0.39 is 16.1 Å². The van der Waals surface area contributed by atoms with Crippen molar-refractivity contribution in [2.45, 2.75) is 17.3 Å². The van der Waals surface area contributed by atoms with Gasteiger partial charge in [0.2, 0.25) is 11.1 Å².